The van der Waals surface area contributed by atoms with Crippen molar-refractivity contribution in [3.8, 4) is 22.6 Å². The Morgan fingerprint density at radius 3 is 2.48 bits per heavy atom. The molecule has 0 amide bonds. The zero-order valence-electron chi connectivity index (χ0n) is 16.9. The van der Waals surface area contributed by atoms with Crippen LogP contribution >= 0.6 is 0 Å². The molecule has 0 aliphatic rings. The van der Waals surface area contributed by atoms with Gasteiger partial charge in [0.05, 0.1) is 35.0 Å². The fraction of sp³-hybridized carbons (Fsp3) is 0.174. The zero-order chi connectivity index (χ0) is 22.0. The van der Waals surface area contributed by atoms with Gasteiger partial charge in [-0.3, -0.25) is 0 Å². The fourth-order valence-electron chi connectivity index (χ4n) is 3.37. The molecule has 2 aromatic heterocycles. The van der Waals surface area contributed by atoms with E-state index >= 15 is 0 Å². The van der Waals surface area contributed by atoms with E-state index in [-0.39, 0.29) is 6.04 Å². The molecule has 0 saturated heterocycles. The lowest BCUT2D eigenvalue weighted by Gasteiger charge is -2.15. The Labute approximate surface area is 177 Å². The van der Waals surface area contributed by atoms with Crippen molar-refractivity contribution in [2.24, 2.45) is 7.05 Å². The summed E-state index contributed by atoms with van der Waals surface area (Å²) < 4.78 is 41.3. The normalized spacial score (nSPS) is 12.5. The van der Waals surface area contributed by atoms with E-state index in [9.17, 15) is 13.2 Å². The number of rotatable bonds is 5. The molecular formula is C23H20F3N5. The van der Waals surface area contributed by atoms with Crippen LogP contribution in [0.5, 0.6) is 0 Å². The van der Waals surface area contributed by atoms with E-state index < -0.39 is 11.7 Å². The van der Waals surface area contributed by atoms with Crippen molar-refractivity contribution in [1.29, 1.82) is 0 Å². The van der Waals surface area contributed by atoms with Gasteiger partial charge in [-0.2, -0.15) is 13.2 Å². The van der Waals surface area contributed by atoms with Gasteiger partial charge in [-0.25, -0.2) is 15.0 Å². The summed E-state index contributed by atoms with van der Waals surface area (Å²) in [7, 11) is 1.78. The minimum absolute atomic E-state index is 0.0223. The molecule has 0 radical (unpaired) electrons. The lowest BCUT2D eigenvalue weighted by Crippen LogP contribution is -2.10. The maximum absolute atomic E-state index is 13.2. The third kappa shape index (κ3) is 4.42. The molecule has 0 fully saturated rings. The van der Waals surface area contributed by atoms with Gasteiger partial charge in [0, 0.05) is 18.8 Å². The SMILES string of the molecule is CC(Nc1nccc(-c2c(-c3cccc(C(F)(F)F)c3)ncn2C)n1)c1ccccc1. The van der Waals surface area contributed by atoms with Gasteiger partial charge in [0.25, 0.3) is 0 Å². The first-order valence-corrected chi connectivity index (χ1v) is 9.67. The van der Waals surface area contributed by atoms with Crippen LogP contribution in [0, 0.1) is 0 Å². The van der Waals surface area contributed by atoms with Crippen molar-refractivity contribution >= 4 is 5.95 Å². The number of benzene rings is 2. The summed E-state index contributed by atoms with van der Waals surface area (Å²) in [6.07, 6.45) is -1.25. The van der Waals surface area contributed by atoms with Crippen LogP contribution in [0.25, 0.3) is 22.6 Å². The van der Waals surface area contributed by atoms with E-state index in [1.807, 2.05) is 37.3 Å². The standard InChI is InChI=1S/C23H20F3N5/c1-15(16-7-4-3-5-8-16)29-22-27-12-11-19(30-22)21-20(28-14-31(21)2)17-9-6-10-18(13-17)23(24,25)26/h3-15H,1-2H3,(H,27,29,30). The Kier molecular flexibility index (Phi) is 5.46. The molecule has 1 atom stereocenters. The average molecular weight is 423 g/mol. The molecule has 31 heavy (non-hydrogen) atoms. The summed E-state index contributed by atoms with van der Waals surface area (Å²) in [6.45, 7) is 2.00. The van der Waals surface area contributed by atoms with E-state index in [4.69, 9.17) is 0 Å². The number of nitrogens with one attached hydrogen (secondary N) is 1. The average Bonchev–Trinajstić information content (AvgIpc) is 3.15. The Hall–Kier alpha value is -3.68. The highest BCUT2D eigenvalue weighted by Crippen LogP contribution is 2.35. The molecule has 0 aliphatic heterocycles. The predicted octanol–water partition coefficient (Wildman–Crippen LogP) is 5.74. The summed E-state index contributed by atoms with van der Waals surface area (Å²) >= 11 is 0. The van der Waals surface area contributed by atoms with E-state index in [0.717, 1.165) is 17.7 Å². The number of hydrogen-bond acceptors (Lipinski definition) is 4. The maximum atomic E-state index is 13.2. The second kappa shape index (κ2) is 8.22. The van der Waals surface area contributed by atoms with Gasteiger partial charge in [0.15, 0.2) is 0 Å². The number of aromatic nitrogens is 4. The van der Waals surface area contributed by atoms with Crippen molar-refractivity contribution < 1.29 is 13.2 Å². The first-order chi connectivity index (χ1) is 14.8. The third-order valence-corrected chi connectivity index (χ3v) is 4.94. The molecule has 0 bridgehead atoms. The molecule has 8 heteroatoms. The van der Waals surface area contributed by atoms with E-state index in [1.165, 1.54) is 6.07 Å². The van der Waals surface area contributed by atoms with Crippen LogP contribution in [0.15, 0.2) is 73.2 Å². The molecule has 1 N–H and O–H groups in total. The number of nitrogens with zero attached hydrogens (tertiary/aromatic N) is 4. The van der Waals surface area contributed by atoms with Gasteiger partial charge in [0.1, 0.15) is 0 Å². The smallest absolute Gasteiger partial charge is 0.348 e. The molecule has 4 aromatic rings. The van der Waals surface area contributed by atoms with Crippen LogP contribution < -0.4 is 5.32 Å². The summed E-state index contributed by atoms with van der Waals surface area (Å²) in [6, 6.07) is 16.7. The molecule has 0 aliphatic carbocycles. The molecule has 0 saturated carbocycles. The highest BCUT2D eigenvalue weighted by atomic mass is 19.4. The summed E-state index contributed by atoms with van der Waals surface area (Å²) in [5, 5.41) is 3.27. The van der Waals surface area contributed by atoms with Gasteiger partial charge >= 0.3 is 6.18 Å². The fourth-order valence-corrected chi connectivity index (χ4v) is 3.37. The number of hydrogen-bond donors (Lipinski definition) is 1. The molecule has 2 aromatic carbocycles. The van der Waals surface area contributed by atoms with Crippen LogP contribution in [0.2, 0.25) is 0 Å². The number of anilines is 1. The molecule has 2 heterocycles. The molecule has 0 spiro atoms. The van der Waals surface area contributed by atoms with E-state index in [1.54, 1.807) is 36.3 Å². The van der Waals surface area contributed by atoms with Crippen LogP contribution in [0.1, 0.15) is 24.1 Å². The Balaban J connectivity index is 1.69. The summed E-state index contributed by atoms with van der Waals surface area (Å²) in [5.74, 6) is 0.421. The summed E-state index contributed by atoms with van der Waals surface area (Å²) in [5.41, 5.74) is 2.33. The van der Waals surface area contributed by atoms with E-state index in [0.29, 0.717) is 28.6 Å². The zero-order valence-corrected chi connectivity index (χ0v) is 16.9. The summed E-state index contributed by atoms with van der Waals surface area (Å²) in [4.78, 5) is 13.2. The van der Waals surface area contributed by atoms with E-state index in [2.05, 4.69) is 20.3 Å². The molecule has 4 rings (SSSR count). The molecular weight excluding hydrogens is 403 g/mol. The molecule has 5 nitrogen and oxygen atoms in total. The van der Waals surface area contributed by atoms with Crippen molar-refractivity contribution in [1.82, 2.24) is 19.5 Å². The van der Waals surface area contributed by atoms with Crippen molar-refractivity contribution in [3.63, 3.8) is 0 Å². The predicted molar refractivity (Wildman–Crippen MR) is 113 cm³/mol. The van der Waals surface area contributed by atoms with Crippen molar-refractivity contribution in [2.45, 2.75) is 19.1 Å². The minimum Gasteiger partial charge on any atom is -0.348 e. The second-order valence-electron chi connectivity index (χ2n) is 7.17. The van der Waals surface area contributed by atoms with Gasteiger partial charge in [0.2, 0.25) is 5.95 Å². The van der Waals surface area contributed by atoms with Crippen molar-refractivity contribution in [3.05, 3.63) is 84.3 Å². The van der Waals surface area contributed by atoms with Crippen LogP contribution in [0.3, 0.4) is 0 Å². The Bertz CT molecular complexity index is 1190. The highest BCUT2D eigenvalue weighted by molar-refractivity contribution is 5.77. The van der Waals surface area contributed by atoms with Crippen LogP contribution in [0.4, 0.5) is 19.1 Å². The largest absolute Gasteiger partial charge is 0.416 e. The first kappa shape index (κ1) is 20.6. The molecule has 1 unspecified atom stereocenters. The van der Waals surface area contributed by atoms with Gasteiger partial charge in [-0.05, 0) is 30.7 Å². The quantitative estimate of drug-likeness (QED) is 0.445. The first-order valence-electron chi connectivity index (χ1n) is 9.67. The number of imidazole rings is 1. The highest BCUT2D eigenvalue weighted by Gasteiger charge is 2.31. The number of halogens is 3. The van der Waals surface area contributed by atoms with Gasteiger partial charge in [-0.15, -0.1) is 0 Å². The second-order valence-corrected chi connectivity index (χ2v) is 7.17. The van der Waals surface area contributed by atoms with Gasteiger partial charge < -0.3 is 9.88 Å². The van der Waals surface area contributed by atoms with Crippen LogP contribution in [-0.4, -0.2) is 19.5 Å². The number of alkyl halides is 3. The number of aryl methyl sites for hydroxylation is 1. The van der Waals surface area contributed by atoms with Crippen LogP contribution in [-0.2, 0) is 13.2 Å². The monoisotopic (exact) mass is 423 g/mol. The topological polar surface area (TPSA) is 55.6 Å². The van der Waals surface area contributed by atoms with Gasteiger partial charge in [-0.1, -0.05) is 42.5 Å². The Morgan fingerprint density at radius 2 is 1.74 bits per heavy atom. The van der Waals surface area contributed by atoms with Crippen molar-refractivity contribution in [2.75, 3.05) is 5.32 Å². The molecule has 158 valence electrons. The lowest BCUT2D eigenvalue weighted by atomic mass is 10.0. The lowest BCUT2D eigenvalue weighted by molar-refractivity contribution is -0.137. The minimum atomic E-state index is -4.43. The maximum Gasteiger partial charge on any atom is 0.416 e. The Morgan fingerprint density at radius 1 is 0.968 bits per heavy atom. The third-order valence-electron chi connectivity index (χ3n) is 4.94.